The quantitative estimate of drug-likeness (QED) is 0.768. The zero-order chi connectivity index (χ0) is 17.1. The third kappa shape index (κ3) is 3.39. The number of furan rings is 1. The molecule has 0 bridgehead atoms. The summed E-state index contributed by atoms with van der Waals surface area (Å²) in [5.74, 6) is 2.34. The summed E-state index contributed by atoms with van der Waals surface area (Å²) in [6.45, 7) is 4.98. The summed E-state index contributed by atoms with van der Waals surface area (Å²) in [5, 5.41) is 4.18. The molecule has 1 aliphatic rings. The molecule has 4 rings (SSSR count). The van der Waals surface area contributed by atoms with E-state index in [9.17, 15) is 0 Å². The number of hydrogen-bond donors (Lipinski definition) is 1. The Labute approximate surface area is 146 Å². The van der Waals surface area contributed by atoms with Gasteiger partial charge in [-0.25, -0.2) is 0 Å². The number of para-hydroxylation sites is 2. The third-order valence-corrected chi connectivity index (χ3v) is 4.65. The lowest BCUT2D eigenvalue weighted by atomic mass is 10.2. The van der Waals surface area contributed by atoms with Crippen molar-refractivity contribution in [3.8, 4) is 17.3 Å². The molecule has 0 unspecified atom stereocenters. The van der Waals surface area contributed by atoms with Gasteiger partial charge in [-0.1, -0.05) is 17.3 Å². The summed E-state index contributed by atoms with van der Waals surface area (Å²) in [7, 11) is 1.72. The molecule has 6 heteroatoms. The number of piperazine rings is 1. The van der Waals surface area contributed by atoms with E-state index in [1.807, 2.05) is 30.3 Å². The number of nitrogens with one attached hydrogen (secondary N) is 1. The van der Waals surface area contributed by atoms with Gasteiger partial charge in [-0.05, 0) is 24.3 Å². The van der Waals surface area contributed by atoms with Gasteiger partial charge in [0.25, 0.3) is 0 Å². The molecule has 3 heterocycles. The fourth-order valence-corrected chi connectivity index (χ4v) is 3.32. The Hall–Kier alpha value is -2.73. The van der Waals surface area contributed by atoms with Crippen molar-refractivity contribution in [1.82, 2.24) is 5.16 Å². The van der Waals surface area contributed by atoms with Gasteiger partial charge in [0.2, 0.25) is 5.76 Å². The molecule has 2 aromatic heterocycles. The van der Waals surface area contributed by atoms with Gasteiger partial charge in [-0.3, -0.25) is 0 Å². The first-order valence-electron chi connectivity index (χ1n) is 8.54. The zero-order valence-corrected chi connectivity index (χ0v) is 14.3. The van der Waals surface area contributed by atoms with E-state index in [0.717, 1.165) is 49.9 Å². The Morgan fingerprint density at radius 2 is 1.96 bits per heavy atom. The van der Waals surface area contributed by atoms with Crippen LogP contribution in [0.5, 0.6) is 5.75 Å². The van der Waals surface area contributed by atoms with E-state index < -0.39 is 0 Å². The molecule has 0 atom stereocenters. The van der Waals surface area contributed by atoms with Crippen LogP contribution < -0.4 is 14.5 Å². The second-order valence-corrected chi connectivity index (χ2v) is 6.25. The Bertz CT molecular complexity index is 805. The molecule has 25 heavy (non-hydrogen) atoms. The Kier molecular flexibility index (Phi) is 4.43. The lowest BCUT2D eigenvalue weighted by Gasteiger charge is -2.33. The van der Waals surface area contributed by atoms with Gasteiger partial charge in [-0.2, -0.15) is 0 Å². The first-order chi connectivity index (χ1) is 12.3. The maximum absolute atomic E-state index is 5.48. The summed E-state index contributed by atoms with van der Waals surface area (Å²) in [5.41, 5.74) is 2.14. The number of hydrogen-bond acceptors (Lipinski definition) is 5. The van der Waals surface area contributed by atoms with Gasteiger partial charge >= 0.3 is 0 Å². The van der Waals surface area contributed by atoms with Crippen LogP contribution in [0.3, 0.4) is 0 Å². The smallest absolute Gasteiger partial charge is 0.202 e. The molecule has 0 spiro atoms. The number of nitrogens with zero attached hydrogens (tertiary/aromatic N) is 2. The topological polar surface area (TPSA) is 56.1 Å². The van der Waals surface area contributed by atoms with Crippen molar-refractivity contribution in [2.45, 2.75) is 6.54 Å². The molecule has 0 saturated carbocycles. The number of benzene rings is 1. The molecule has 3 aromatic rings. The predicted molar refractivity (Wildman–Crippen MR) is 93.8 cm³/mol. The van der Waals surface area contributed by atoms with Crippen LogP contribution in [-0.2, 0) is 6.54 Å². The number of aromatic nitrogens is 1. The first-order valence-corrected chi connectivity index (χ1v) is 8.54. The van der Waals surface area contributed by atoms with Crippen LogP contribution in [0.25, 0.3) is 11.5 Å². The van der Waals surface area contributed by atoms with E-state index in [0.29, 0.717) is 5.76 Å². The molecule has 1 N–H and O–H groups in total. The van der Waals surface area contributed by atoms with E-state index in [1.165, 1.54) is 10.6 Å². The molecule has 0 amide bonds. The lowest BCUT2D eigenvalue weighted by Crippen LogP contribution is -3.13. The number of methoxy groups -OCH3 is 1. The number of quaternary nitrogens is 1. The normalized spacial score (nSPS) is 15.5. The van der Waals surface area contributed by atoms with Crippen molar-refractivity contribution in [1.29, 1.82) is 0 Å². The van der Waals surface area contributed by atoms with Crippen molar-refractivity contribution >= 4 is 5.69 Å². The molecule has 1 aliphatic heterocycles. The van der Waals surface area contributed by atoms with E-state index in [1.54, 1.807) is 13.4 Å². The second kappa shape index (κ2) is 7.03. The van der Waals surface area contributed by atoms with E-state index in [-0.39, 0.29) is 0 Å². The van der Waals surface area contributed by atoms with Crippen LogP contribution in [0.15, 0.2) is 57.7 Å². The number of rotatable bonds is 5. The summed E-state index contributed by atoms with van der Waals surface area (Å²) in [6, 6.07) is 13.9. The summed E-state index contributed by atoms with van der Waals surface area (Å²) < 4.78 is 16.2. The molecule has 1 aromatic carbocycles. The molecular weight excluding hydrogens is 318 g/mol. The number of anilines is 1. The summed E-state index contributed by atoms with van der Waals surface area (Å²) in [6.07, 6.45) is 1.64. The Morgan fingerprint density at radius 1 is 1.12 bits per heavy atom. The van der Waals surface area contributed by atoms with Crippen molar-refractivity contribution in [3.05, 3.63) is 54.4 Å². The van der Waals surface area contributed by atoms with Gasteiger partial charge in [0.15, 0.2) is 5.76 Å². The van der Waals surface area contributed by atoms with Crippen LogP contribution in [0.1, 0.15) is 5.69 Å². The highest BCUT2D eigenvalue weighted by atomic mass is 16.5. The van der Waals surface area contributed by atoms with Crippen LogP contribution in [0.4, 0.5) is 5.69 Å². The van der Waals surface area contributed by atoms with Crippen LogP contribution in [0, 0.1) is 0 Å². The van der Waals surface area contributed by atoms with Gasteiger partial charge in [0.05, 0.1) is 45.2 Å². The van der Waals surface area contributed by atoms with Crippen LogP contribution in [-0.4, -0.2) is 38.4 Å². The fourth-order valence-electron chi connectivity index (χ4n) is 3.32. The van der Waals surface area contributed by atoms with Gasteiger partial charge in [-0.15, -0.1) is 0 Å². The lowest BCUT2D eigenvalue weighted by molar-refractivity contribution is -0.914. The zero-order valence-electron chi connectivity index (χ0n) is 14.3. The average Bonchev–Trinajstić information content (AvgIpc) is 3.34. The van der Waals surface area contributed by atoms with Crippen molar-refractivity contribution in [2.24, 2.45) is 0 Å². The Morgan fingerprint density at radius 3 is 2.72 bits per heavy atom. The molecule has 0 radical (unpaired) electrons. The first kappa shape index (κ1) is 15.8. The summed E-state index contributed by atoms with van der Waals surface area (Å²) >= 11 is 0. The third-order valence-electron chi connectivity index (χ3n) is 4.65. The maximum Gasteiger partial charge on any atom is 0.202 e. The van der Waals surface area contributed by atoms with Crippen LogP contribution >= 0.6 is 0 Å². The van der Waals surface area contributed by atoms with Crippen molar-refractivity contribution < 1.29 is 18.6 Å². The van der Waals surface area contributed by atoms with Crippen LogP contribution in [0.2, 0.25) is 0 Å². The monoisotopic (exact) mass is 340 g/mol. The van der Waals surface area contributed by atoms with E-state index in [2.05, 4.69) is 22.2 Å². The SMILES string of the molecule is COc1ccccc1N1CC[NH+](Cc2cc(-c3ccco3)on2)CC1. The minimum Gasteiger partial charge on any atom is -0.495 e. The van der Waals surface area contributed by atoms with Gasteiger partial charge in [0.1, 0.15) is 18.0 Å². The molecule has 1 fully saturated rings. The molecular formula is C19H22N3O3+. The minimum absolute atomic E-state index is 0.687. The van der Waals surface area contributed by atoms with E-state index in [4.69, 9.17) is 13.7 Å². The van der Waals surface area contributed by atoms with Crippen molar-refractivity contribution in [2.75, 3.05) is 38.2 Å². The highest BCUT2D eigenvalue weighted by Crippen LogP contribution is 2.27. The highest BCUT2D eigenvalue weighted by Gasteiger charge is 2.23. The minimum atomic E-state index is 0.687. The summed E-state index contributed by atoms with van der Waals surface area (Å²) in [4.78, 5) is 3.89. The Balaban J connectivity index is 1.36. The average molecular weight is 340 g/mol. The standard InChI is InChI=1S/C19H21N3O3/c1-23-17-6-3-2-5-16(17)22-10-8-21(9-11-22)14-15-13-19(25-20-15)18-7-4-12-24-18/h2-7,12-13H,8-11,14H2,1H3/p+1. The highest BCUT2D eigenvalue weighted by molar-refractivity contribution is 5.58. The fraction of sp³-hybridized carbons (Fsp3) is 0.316. The van der Waals surface area contributed by atoms with Gasteiger partial charge in [0, 0.05) is 6.07 Å². The maximum atomic E-state index is 5.48. The predicted octanol–water partition coefficient (Wildman–Crippen LogP) is 1.85. The number of ether oxygens (including phenoxy) is 1. The largest absolute Gasteiger partial charge is 0.495 e. The van der Waals surface area contributed by atoms with Gasteiger partial charge < -0.3 is 23.5 Å². The molecule has 0 aliphatic carbocycles. The van der Waals surface area contributed by atoms with Crippen molar-refractivity contribution in [3.63, 3.8) is 0 Å². The molecule has 1 saturated heterocycles. The van der Waals surface area contributed by atoms with E-state index >= 15 is 0 Å². The molecule has 130 valence electrons. The molecule has 6 nitrogen and oxygen atoms in total. The second-order valence-electron chi connectivity index (χ2n) is 6.25.